The van der Waals surface area contributed by atoms with Crippen molar-refractivity contribution in [2.24, 2.45) is 0 Å². The highest BCUT2D eigenvalue weighted by Crippen LogP contribution is 2.44. The van der Waals surface area contributed by atoms with Crippen LogP contribution in [-0.2, 0) is 4.74 Å². The van der Waals surface area contributed by atoms with Gasteiger partial charge in [-0.1, -0.05) is 29.3 Å². The van der Waals surface area contributed by atoms with Gasteiger partial charge in [-0.3, -0.25) is 0 Å². The van der Waals surface area contributed by atoms with Crippen molar-refractivity contribution in [3.05, 3.63) is 33.8 Å². The zero-order valence-corrected chi connectivity index (χ0v) is 12.7. The molecule has 0 bridgehead atoms. The zero-order valence-electron chi connectivity index (χ0n) is 11.2. The quantitative estimate of drug-likeness (QED) is 0.880. The average molecular weight is 302 g/mol. The molecule has 2 unspecified atom stereocenters. The van der Waals surface area contributed by atoms with E-state index in [-0.39, 0.29) is 18.1 Å². The minimum atomic E-state index is -0.480. The summed E-state index contributed by atoms with van der Waals surface area (Å²) in [6.45, 7) is 5.52. The Morgan fingerprint density at radius 2 is 2.05 bits per heavy atom. The van der Waals surface area contributed by atoms with Gasteiger partial charge in [0.05, 0.1) is 0 Å². The third-order valence-electron chi connectivity index (χ3n) is 2.85. The van der Waals surface area contributed by atoms with E-state index in [1.165, 1.54) is 0 Å². The lowest BCUT2D eigenvalue weighted by Gasteiger charge is -2.19. The minimum Gasteiger partial charge on any atom is -0.444 e. The molecule has 0 aliphatic heterocycles. The van der Waals surface area contributed by atoms with Crippen molar-refractivity contribution < 1.29 is 9.53 Å². The number of benzene rings is 1. The van der Waals surface area contributed by atoms with Crippen molar-refractivity contribution in [1.29, 1.82) is 0 Å². The summed E-state index contributed by atoms with van der Waals surface area (Å²) >= 11 is 12.0. The van der Waals surface area contributed by atoms with Crippen LogP contribution in [0.15, 0.2) is 18.2 Å². The molecule has 3 nitrogen and oxygen atoms in total. The van der Waals surface area contributed by atoms with Gasteiger partial charge in [0.15, 0.2) is 0 Å². The number of alkyl carbamates (subject to hydrolysis) is 1. The predicted octanol–water partition coefficient (Wildman–Crippen LogP) is 4.37. The Balaban J connectivity index is 1.92. The molecule has 1 fully saturated rings. The summed E-state index contributed by atoms with van der Waals surface area (Å²) < 4.78 is 5.22. The summed E-state index contributed by atoms with van der Waals surface area (Å²) in [5, 5.41) is 4.11. The van der Waals surface area contributed by atoms with Crippen LogP contribution in [0, 0.1) is 0 Å². The molecule has 1 aliphatic carbocycles. The fraction of sp³-hybridized carbons (Fsp3) is 0.500. The maximum atomic E-state index is 11.6. The summed E-state index contributed by atoms with van der Waals surface area (Å²) in [6.07, 6.45) is 0.491. The standard InChI is InChI=1S/C14H17Cl2NO2/c1-14(2,3)19-13(18)17-12-7-10(12)9-5-4-8(15)6-11(9)16/h4-6,10,12H,7H2,1-3H3,(H,17,18). The van der Waals surface area contributed by atoms with Gasteiger partial charge < -0.3 is 10.1 Å². The summed E-state index contributed by atoms with van der Waals surface area (Å²) in [7, 11) is 0. The first kappa shape index (κ1) is 14.5. The summed E-state index contributed by atoms with van der Waals surface area (Å²) in [5.74, 6) is 0.247. The largest absolute Gasteiger partial charge is 0.444 e. The van der Waals surface area contributed by atoms with Crippen LogP contribution in [-0.4, -0.2) is 17.7 Å². The number of nitrogens with one attached hydrogen (secondary N) is 1. The van der Waals surface area contributed by atoms with E-state index in [2.05, 4.69) is 5.32 Å². The second-order valence-electron chi connectivity index (χ2n) is 5.76. The highest BCUT2D eigenvalue weighted by atomic mass is 35.5. The molecular formula is C14H17Cl2NO2. The Morgan fingerprint density at radius 1 is 1.37 bits per heavy atom. The molecule has 0 aromatic heterocycles. The van der Waals surface area contributed by atoms with Crippen molar-refractivity contribution in [1.82, 2.24) is 5.32 Å². The molecule has 0 spiro atoms. The van der Waals surface area contributed by atoms with Gasteiger partial charge in [-0.25, -0.2) is 4.79 Å². The first-order chi connectivity index (χ1) is 8.76. The van der Waals surface area contributed by atoms with E-state index in [4.69, 9.17) is 27.9 Å². The van der Waals surface area contributed by atoms with Crippen LogP contribution >= 0.6 is 23.2 Å². The van der Waals surface area contributed by atoms with Crippen LogP contribution in [0.25, 0.3) is 0 Å². The van der Waals surface area contributed by atoms with Gasteiger partial charge in [0.1, 0.15) is 5.60 Å². The monoisotopic (exact) mass is 301 g/mol. The number of rotatable bonds is 2. The van der Waals surface area contributed by atoms with Gasteiger partial charge in [-0.05, 0) is 44.9 Å². The fourth-order valence-electron chi connectivity index (χ4n) is 1.96. The van der Waals surface area contributed by atoms with Crippen molar-refractivity contribution in [2.75, 3.05) is 0 Å². The lowest BCUT2D eigenvalue weighted by molar-refractivity contribution is 0.0523. The van der Waals surface area contributed by atoms with Gasteiger partial charge in [0.25, 0.3) is 0 Å². The van der Waals surface area contributed by atoms with E-state index in [9.17, 15) is 4.79 Å². The predicted molar refractivity (Wildman–Crippen MR) is 77.0 cm³/mol. The van der Waals surface area contributed by atoms with Gasteiger partial charge in [-0.2, -0.15) is 0 Å². The molecule has 1 aromatic carbocycles. The number of ether oxygens (including phenoxy) is 1. The molecule has 5 heteroatoms. The van der Waals surface area contributed by atoms with Crippen LogP contribution in [0.2, 0.25) is 10.0 Å². The first-order valence-corrected chi connectivity index (χ1v) is 6.96. The van der Waals surface area contributed by atoms with Crippen molar-refractivity contribution in [3.8, 4) is 0 Å². The number of carbonyl (C=O) groups is 1. The lowest BCUT2D eigenvalue weighted by atomic mass is 10.1. The molecule has 1 saturated carbocycles. The van der Waals surface area contributed by atoms with Gasteiger partial charge >= 0.3 is 6.09 Å². The number of carbonyl (C=O) groups excluding carboxylic acids is 1. The first-order valence-electron chi connectivity index (χ1n) is 6.21. The third-order valence-corrected chi connectivity index (χ3v) is 3.42. The number of halogens is 2. The van der Waals surface area contributed by atoms with Gasteiger partial charge in [0, 0.05) is 22.0 Å². The molecular weight excluding hydrogens is 285 g/mol. The Kier molecular flexibility index (Phi) is 3.98. The average Bonchev–Trinajstić information content (AvgIpc) is 2.93. The SMILES string of the molecule is CC(C)(C)OC(=O)NC1CC1c1ccc(Cl)cc1Cl. The number of hydrogen-bond donors (Lipinski definition) is 1. The molecule has 0 radical (unpaired) electrons. The van der Waals surface area contributed by atoms with E-state index in [1.807, 2.05) is 32.9 Å². The van der Waals surface area contributed by atoms with Crippen LogP contribution in [0.3, 0.4) is 0 Å². The molecule has 1 N–H and O–H groups in total. The molecule has 1 aromatic rings. The highest BCUT2D eigenvalue weighted by Gasteiger charge is 2.41. The maximum Gasteiger partial charge on any atom is 0.407 e. The van der Waals surface area contributed by atoms with Crippen LogP contribution < -0.4 is 5.32 Å². The Labute approximate surface area is 123 Å². The highest BCUT2D eigenvalue weighted by molar-refractivity contribution is 6.35. The number of hydrogen-bond acceptors (Lipinski definition) is 2. The van der Waals surface area contributed by atoms with E-state index in [0.29, 0.717) is 10.0 Å². The molecule has 19 heavy (non-hydrogen) atoms. The van der Waals surface area contributed by atoms with Crippen molar-refractivity contribution >= 4 is 29.3 Å². The second-order valence-corrected chi connectivity index (χ2v) is 6.60. The minimum absolute atomic E-state index is 0.0912. The third kappa shape index (κ3) is 4.02. The zero-order chi connectivity index (χ0) is 14.2. The molecule has 2 rings (SSSR count). The topological polar surface area (TPSA) is 38.3 Å². The fourth-order valence-corrected chi connectivity index (χ4v) is 2.51. The van der Waals surface area contributed by atoms with E-state index >= 15 is 0 Å². The number of amides is 1. The summed E-state index contributed by atoms with van der Waals surface area (Å²) in [4.78, 5) is 11.6. The molecule has 0 heterocycles. The Hall–Kier alpha value is -0.930. The van der Waals surface area contributed by atoms with Crippen LogP contribution in [0.5, 0.6) is 0 Å². The second kappa shape index (κ2) is 5.22. The Morgan fingerprint density at radius 3 is 2.63 bits per heavy atom. The van der Waals surface area contributed by atoms with E-state index < -0.39 is 5.60 Å². The van der Waals surface area contributed by atoms with E-state index in [1.54, 1.807) is 6.07 Å². The van der Waals surface area contributed by atoms with Gasteiger partial charge in [-0.15, -0.1) is 0 Å². The van der Waals surface area contributed by atoms with Crippen LogP contribution in [0.1, 0.15) is 38.7 Å². The molecule has 1 aliphatic rings. The van der Waals surface area contributed by atoms with Crippen molar-refractivity contribution in [3.63, 3.8) is 0 Å². The normalized spacial score (nSPS) is 21.9. The van der Waals surface area contributed by atoms with Gasteiger partial charge in [0.2, 0.25) is 0 Å². The van der Waals surface area contributed by atoms with Crippen LogP contribution in [0.4, 0.5) is 4.79 Å². The summed E-state index contributed by atoms with van der Waals surface area (Å²) in [5.41, 5.74) is 0.541. The van der Waals surface area contributed by atoms with Crippen molar-refractivity contribution in [2.45, 2.75) is 44.8 Å². The maximum absolute atomic E-state index is 11.6. The molecule has 104 valence electrons. The molecule has 0 saturated heterocycles. The van der Waals surface area contributed by atoms with E-state index in [0.717, 1.165) is 12.0 Å². The Bertz CT molecular complexity index is 497. The molecule has 2 atom stereocenters. The molecule has 1 amide bonds. The summed E-state index contributed by atoms with van der Waals surface area (Å²) in [6, 6.07) is 5.53. The lowest BCUT2D eigenvalue weighted by Crippen LogP contribution is -2.34. The smallest absolute Gasteiger partial charge is 0.407 e.